The number of nitrogens with one attached hydrogen (secondary N) is 1. The molecule has 0 radical (unpaired) electrons. The van der Waals surface area contributed by atoms with Gasteiger partial charge >= 0.3 is 0 Å². The van der Waals surface area contributed by atoms with Crippen LogP contribution < -0.4 is 16.8 Å². The van der Waals surface area contributed by atoms with Crippen molar-refractivity contribution in [3.05, 3.63) is 17.8 Å². The molecule has 5 nitrogen and oxygen atoms in total. The van der Waals surface area contributed by atoms with Crippen LogP contribution in [0.1, 0.15) is 68.8 Å². The normalized spacial score (nSPS) is 10.5. The first-order valence-electron chi connectivity index (χ1n) is 7.95. The number of anilines is 2. The van der Waals surface area contributed by atoms with E-state index < -0.39 is 5.91 Å². The Balaban J connectivity index is 2.18. The summed E-state index contributed by atoms with van der Waals surface area (Å²) < 4.78 is 0. The van der Waals surface area contributed by atoms with Crippen LogP contribution in [-0.2, 0) is 0 Å². The van der Waals surface area contributed by atoms with Gasteiger partial charge in [0.15, 0.2) is 0 Å². The predicted octanol–water partition coefficient (Wildman–Crippen LogP) is 3.32. The number of nitrogens with two attached hydrogens (primary N) is 2. The summed E-state index contributed by atoms with van der Waals surface area (Å²) in [7, 11) is 0. The average Bonchev–Trinajstić information content (AvgIpc) is 2.47. The van der Waals surface area contributed by atoms with Gasteiger partial charge in [-0.25, -0.2) is 4.98 Å². The van der Waals surface area contributed by atoms with Gasteiger partial charge in [-0.05, 0) is 18.6 Å². The Morgan fingerprint density at radius 3 is 2.33 bits per heavy atom. The van der Waals surface area contributed by atoms with Crippen molar-refractivity contribution in [2.24, 2.45) is 5.73 Å². The lowest BCUT2D eigenvalue weighted by Gasteiger charge is -2.09. The van der Waals surface area contributed by atoms with E-state index in [2.05, 4.69) is 17.2 Å². The fraction of sp³-hybridized carbons (Fsp3) is 0.625. The number of pyridine rings is 1. The molecule has 1 rings (SSSR count). The zero-order valence-electron chi connectivity index (χ0n) is 13.0. The lowest BCUT2D eigenvalue weighted by molar-refractivity contribution is 0.0996. The summed E-state index contributed by atoms with van der Waals surface area (Å²) in [6.07, 6.45) is 10.2. The molecule has 1 heterocycles. The van der Waals surface area contributed by atoms with Crippen molar-refractivity contribution in [3.63, 3.8) is 0 Å². The van der Waals surface area contributed by atoms with E-state index in [1.807, 2.05) is 0 Å². The highest BCUT2D eigenvalue weighted by Gasteiger charge is 2.06. The predicted molar refractivity (Wildman–Crippen MR) is 88.3 cm³/mol. The van der Waals surface area contributed by atoms with E-state index in [4.69, 9.17) is 11.5 Å². The molecule has 1 aromatic rings. The lowest BCUT2D eigenvalue weighted by Crippen LogP contribution is -2.15. The molecule has 0 spiro atoms. The number of hydrogen-bond acceptors (Lipinski definition) is 4. The summed E-state index contributed by atoms with van der Waals surface area (Å²) in [4.78, 5) is 15.2. The Hall–Kier alpha value is -1.78. The molecule has 0 aliphatic rings. The van der Waals surface area contributed by atoms with Gasteiger partial charge in [0, 0.05) is 6.54 Å². The van der Waals surface area contributed by atoms with Crippen LogP contribution in [0.5, 0.6) is 0 Å². The van der Waals surface area contributed by atoms with Crippen LogP contribution in [0.3, 0.4) is 0 Å². The van der Waals surface area contributed by atoms with E-state index in [1.165, 1.54) is 44.9 Å². The van der Waals surface area contributed by atoms with Crippen LogP contribution in [0.2, 0.25) is 0 Å². The molecule has 1 aromatic heterocycles. The van der Waals surface area contributed by atoms with Gasteiger partial charge in [-0.15, -0.1) is 0 Å². The zero-order valence-corrected chi connectivity index (χ0v) is 13.0. The summed E-state index contributed by atoms with van der Waals surface area (Å²) >= 11 is 0. The topological polar surface area (TPSA) is 94.0 Å². The van der Waals surface area contributed by atoms with E-state index in [9.17, 15) is 4.79 Å². The fourth-order valence-corrected chi connectivity index (χ4v) is 2.21. The number of carbonyl (C=O) groups excluding carboxylic acids is 1. The van der Waals surface area contributed by atoms with Crippen molar-refractivity contribution in [3.8, 4) is 0 Å². The molecule has 0 saturated heterocycles. The zero-order chi connectivity index (χ0) is 15.5. The second kappa shape index (κ2) is 10.0. The molecule has 5 heteroatoms. The number of rotatable bonds is 11. The van der Waals surface area contributed by atoms with E-state index in [-0.39, 0.29) is 5.69 Å². The van der Waals surface area contributed by atoms with Gasteiger partial charge in [0.2, 0.25) is 0 Å². The standard InChI is InChI=1S/C16H28N4O/c1-2-3-4-5-6-7-8-9-12-19-16-13(17)10-11-14(20-16)15(18)21/h10-11H,2-9,12,17H2,1H3,(H2,18,21)(H,19,20). The quantitative estimate of drug-likeness (QED) is 0.545. The maximum absolute atomic E-state index is 11.1. The Bertz CT molecular complexity index is 434. The highest BCUT2D eigenvalue weighted by molar-refractivity contribution is 5.91. The van der Waals surface area contributed by atoms with Crippen molar-refractivity contribution in [2.45, 2.75) is 58.3 Å². The Morgan fingerprint density at radius 1 is 1.10 bits per heavy atom. The van der Waals surface area contributed by atoms with Crippen molar-refractivity contribution in [2.75, 3.05) is 17.6 Å². The van der Waals surface area contributed by atoms with Gasteiger partial charge in [-0.1, -0.05) is 51.9 Å². The minimum Gasteiger partial charge on any atom is -0.396 e. The molecule has 0 aromatic carbocycles. The molecule has 5 N–H and O–H groups in total. The highest BCUT2D eigenvalue weighted by atomic mass is 16.1. The Kier molecular flexibility index (Phi) is 8.24. The fourth-order valence-electron chi connectivity index (χ4n) is 2.21. The van der Waals surface area contributed by atoms with Gasteiger partial charge in [-0.2, -0.15) is 0 Å². The first kappa shape index (κ1) is 17.3. The molecule has 0 aliphatic heterocycles. The van der Waals surface area contributed by atoms with Crippen LogP contribution in [0.15, 0.2) is 12.1 Å². The first-order valence-corrected chi connectivity index (χ1v) is 7.95. The molecule has 21 heavy (non-hydrogen) atoms. The molecule has 0 atom stereocenters. The lowest BCUT2D eigenvalue weighted by atomic mass is 10.1. The average molecular weight is 292 g/mol. The monoisotopic (exact) mass is 292 g/mol. The van der Waals surface area contributed by atoms with Crippen molar-refractivity contribution >= 4 is 17.4 Å². The molecule has 0 fully saturated rings. The number of amides is 1. The maximum Gasteiger partial charge on any atom is 0.267 e. The number of nitrogen functional groups attached to an aromatic ring is 1. The Morgan fingerprint density at radius 2 is 1.71 bits per heavy atom. The van der Waals surface area contributed by atoms with Crippen molar-refractivity contribution < 1.29 is 4.79 Å². The van der Waals surface area contributed by atoms with Crippen molar-refractivity contribution in [1.82, 2.24) is 4.98 Å². The summed E-state index contributed by atoms with van der Waals surface area (Å²) in [6, 6.07) is 3.20. The van der Waals surface area contributed by atoms with Crippen LogP contribution >= 0.6 is 0 Å². The number of aromatic nitrogens is 1. The van der Waals surface area contributed by atoms with Crippen LogP contribution in [0.4, 0.5) is 11.5 Å². The van der Waals surface area contributed by atoms with E-state index in [1.54, 1.807) is 12.1 Å². The summed E-state index contributed by atoms with van der Waals surface area (Å²) in [5, 5.41) is 3.18. The largest absolute Gasteiger partial charge is 0.396 e. The van der Waals surface area contributed by atoms with Gasteiger partial charge in [0.05, 0.1) is 5.69 Å². The maximum atomic E-state index is 11.1. The van der Waals surface area contributed by atoms with Crippen LogP contribution in [0.25, 0.3) is 0 Å². The van der Waals surface area contributed by atoms with Gasteiger partial charge in [0.1, 0.15) is 11.5 Å². The van der Waals surface area contributed by atoms with Gasteiger partial charge in [0.25, 0.3) is 5.91 Å². The molecule has 0 unspecified atom stereocenters. The number of unbranched alkanes of at least 4 members (excludes halogenated alkanes) is 7. The molecular weight excluding hydrogens is 264 g/mol. The molecule has 0 bridgehead atoms. The van der Waals surface area contributed by atoms with Crippen molar-refractivity contribution in [1.29, 1.82) is 0 Å². The molecule has 0 aliphatic carbocycles. The summed E-state index contributed by atoms with van der Waals surface area (Å²) in [5.74, 6) is 0.0133. The Labute approximate surface area is 127 Å². The van der Waals surface area contributed by atoms with E-state index in [0.717, 1.165) is 13.0 Å². The number of nitrogens with zero attached hydrogens (tertiary/aromatic N) is 1. The summed E-state index contributed by atoms with van der Waals surface area (Å²) in [6.45, 7) is 3.05. The highest BCUT2D eigenvalue weighted by Crippen LogP contribution is 2.16. The minimum absolute atomic E-state index is 0.239. The second-order valence-corrected chi connectivity index (χ2v) is 5.40. The smallest absolute Gasteiger partial charge is 0.267 e. The third kappa shape index (κ3) is 6.97. The van der Waals surface area contributed by atoms with E-state index >= 15 is 0 Å². The number of carbonyl (C=O) groups is 1. The number of hydrogen-bond donors (Lipinski definition) is 3. The van der Waals surface area contributed by atoms with E-state index in [0.29, 0.717) is 11.5 Å². The SMILES string of the molecule is CCCCCCCCCCNc1nc(C(N)=O)ccc1N. The third-order valence-electron chi connectivity index (χ3n) is 3.50. The third-order valence-corrected chi connectivity index (χ3v) is 3.50. The summed E-state index contributed by atoms with van der Waals surface area (Å²) in [5.41, 5.74) is 11.8. The minimum atomic E-state index is -0.537. The first-order chi connectivity index (χ1) is 10.1. The molecule has 1 amide bonds. The van der Waals surface area contributed by atoms with Crippen LogP contribution in [-0.4, -0.2) is 17.4 Å². The second-order valence-electron chi connectivity index (χ2n) is 5.40. The van der Waals surface area contributed by atoms with Gasteiger partial charge in [-0.3, -0.25) is 4.79 Å². The molecular formula is C16H28N4O. The molecule has 0 saturated carbocycles. The number of primary amides is 1. The van der Waals surface area contributed by atoms with Gasteiger partial charge < -0.3 is 16.8 Å². The van der Waals surface area contributed by atoms with Crippen LogP contribution in [0, 0.1) is 0 Å². The molecule has 118 valence electrons.